The number of aliphatic hydroxyl groups is 1. The Balaban J connectivity index is 3.08. The number of anilines is 1. The van der Waals surface area contributed by atoms with Crippen molar-refractivity contribution < 1.29 is 23.4 Å². The first-order chi connectivity index (χ1) is 9.92. The summed E-state index contributed by atoms with van der Waals surface area (Å²) < 4.78 is 26.1. The van der Waals surface area contributed by atoms with Crippen molar-refractivity contribution in [3.8, 4) is 0 Å². The number of hydrogen-bond acceptors (Lipinski definition) is 5. The van der Waals surface area contributed by atoms with Crippen LogP contribution >= 0.6 is 0 Å². The van der Waals surface area contributed by atoms with E-state index in [1.807, 2.05) is 0 Å². The summed E-state index contributed by atoms with van der Waals surface area (Å²) in [6.07, 6.45) is 1.85. The Morgan fingerprint density at radius 3 is 2.67 bits per heavy atom. The van der Waals surface area contributed by atoms with Gasteiger partial charge in [-0.15, -0.1) is 6.58 Å². The summed E-state index contributed by atoms with van der Waals surface area (Å²) in [5, 5.41) is 20.7. The van der Waals surface area contributed by atoms with Crippen LogP contribution in [0.3, 0.4) is 0 Å². The molecule has 0 aliphatic rings. The lowest BCUT2D eigenvalue weighted by atomic mass is 10.2. The van der Waals surface area contributed by atoms with Gasteiger partial charge in [-0.3, -0.25) is 0 Å². The Bertz CT molecular complexity index is 613. The van der Waals surface area contributed by atoms with Crippen molar-refractivity contribution in [2.75, 3.05) is 25.0 Å². The summed E-state index contributed by atoms with van der Waals surface area (Å²) in [5.74, 6) is -1.23. The summed E-state index contributed by atoms with van der Waals surface area (Å²) in [7, 11) is -3.77. The zero-order chi connectivity index (χ0) is 15.9. The van der Waals surface area contributed by atoms with E-state index < -0.39 is 16.0 Å². The third-order valence-corrected chi connectivity index (χ3v) is 4.02. The van der Waals surface area contributed by atoms with Crippen LogP contribution in [-0.4, -0.2) is 44.3 Å². The maximum Gasteiger partial charge on any atom is 0.337 e. The van der Waals surface area contributed by atoms with E-state index in [-0.39, 0.29) is 23.6 Å². The van der Waals surface area contributed by atoms with Crippen LogP contribution in [0.1, 0.15) is 16.8 Å². The van der Waals surface area contributed by atoms with Gasteiger partial charge in [-0.1, -0.05) is 6.08 Å². The van der Waals surface area contributed by atoms with Gasteiger partial charge < -0.3 is 15.5 Å². The lowest BCUT2D eigenvalue weighted by Crippen LogP contribution is -2.24. The van der Waals surface area contributed by atoms with E-state index >= 15 is 0 Å². The maximum atomic E-state index is 11.9. The van der Waals surface area contributed by atoms with E-state index in [4.69, 9.17) is 10.2 Å². The molecule has 0 bridgehead atoms. The van der Waals surface area contributed by atoms with Crippen LogP contribution in [0.25, 0.3) is 0 Å². The molecule has 0 unspecified atom stereocenters. The molecule has 0 spiro atoms. The molecule has 0 saturated heterocycles. The van der Waals surface area contributed by atoms with Crippen LogP contribution < -0.4 is 10.0 Å². The van der Waals surface area contributed by atoms with E-state index in [1.54, 1.807) is 0 Å². The molecule has 21 heavy (non-hydrogen) atoms. The highest BCUT2D eigenvalue weighted by Gasteiger charge is 2.18. The molecule has 0 aliphatic carbocycles. The molecule has 7 nitrogen and oxygen atoms in total. The number of carbonyl (C=O) groups is 1. The highest BCUT2D eigenvalue weighted by atomic mass is 32.2. The first-order valence-electron chi connectivity index (χ1n) is 6.25. The Morgan fingerprint density at radius 1 is 1.38 bits per heavy atom. The molecule has 1 aromatic carbocycles. The van der Waals surface area contributed by atoms with E-state index in [2.05, 4.69) is 16.6 Å². The number of sulfonamides is 1. The van der Waals surface area contributed by atoms with Gasteiger partial charge >= 0.3 is 5.97 Å². The molecular weight excluding hydrogens is 296 g/mol. The molecule has 0 fully saturated rings. The third kappa shape index (κ3) is 4.85. The minimum atomic E-state index is -3.77. The molecule has 116 valence electrons. The number of rotatable bonds is 9. The molecule has 0 aliphatic heterocycles. The Morgan fingerprint density at radius 2 is 2.10 bits per heavy atom. The van der Waals surface area contributed by atoms with E-state index in [9.17, 15) is 13.2 Å². The van der Waals surface area contributed by atoms with Crippen LogP contribution in [0.5, 0.6) is 0 Å². The summed E-state index contributed by atoms with van der Waals surface area (Å²) in [5.41, 5.74) is 0.160. The minimum absolute atomic E-state index is 0.0205. The maximum absolute atomic E-state index is 11.9. The fraction of sp³-hybridized carbons (Fsp3) is 0.308. The summed E-state index contributed by atoms with van der Waals surface area (Å²) in [6.45, 7) is 3.83. The fourth-order valence-electron chi connectivity index (χ4n) is 1.58. The number of carboxylic acids is 1. The molecule has 0 amide bonds. The van der Waals surface area contributed by atoms with Crippen molar-refractivity contribution in [1.29, 1.82) is 0 Å². The Hall–Kier alpha value is -1.90. The van der Waals surface area contributed by atoms with Crippen molar-refractivity contribution in [2.24, 2.45) is 0 Å². The van der Waals surface area contributed by atoms with Crippen LogP contribution in [0.15, 0.2) is 35.7 Å². The van der Waals surface area contributed by atoms with Crippen LogP contribution in [-0.2, 0) is 10.0 Å². The summed E-state index contributed by atoms with van der Waals surface area (Å²) >= 11 is 0. The number of benzene rings is 1. The lowest BCUT2D eigenvalue weighted by molar-refractivity contribution is 0.0697. The largest absolute Gasteiger partial charge is 0.478 e. The van der Waals surface area contributed by atoms with Gasteiger partial charge in [0.15, 0.2) is 0 Å². The predicted molar refractivity (Wildman–Crippen MR) is 79.0 cm³/mol. The number of aromatic carboxylic acids is 1. The van der Waals surface area contributed by atoms with Gasteiger partial charge in [-0.05, 0) is 24.6 Å². The number of aliphatic hydroxyl groups excluding tert-OH is 1. The number of nitrogens with one attached hydrogen (secondary N) is 2. The smallest absolute Gasteiger partial charge is 0.337 e. The average molecular weight is 314 g/mol. The van der Waals surface area contributed by atoms with Gasteiger partial charge in [0, 0.05) is 25.4 Å². The average Bonchev–Trinajstić information content (AvgIpc) is 2.45. The lowest BCUT2D eigenvalue weighted by Gasteiger charge is -2.11. The van der Waals surface area contributed by atoms with Crippen molar-refractivity contribution in [2.45, 2.75) is 11.3 Å². The molecule has 8 heteroatoms. The van der Waals surface area contributed by atoms with Crippen LogP contribution in [0, 0.1) is 0 Å². The van der Waals surface area contributed by atoms with Crippen LogP contribution in [0.4, 0.5) is 5.69 Å². The third-order valence-electron chi connectivity index (χ3n) is 2.60. The standard InChI is InChI=1S/C13H18N2O5S/c1-2-6-15-21(19,20)10-4-5-12(14-7-3-8-16)11(9-10)13(17)18/h2,4-5,9,14-16H,1,3,6-8H2,(H,17,18). The van der Waals surface area contributed by atoms with Gasteiger partial charge in [0.25, 0.3) is 0 Å². The topological polar surface area (TPSA) is 116 Å². The summed E-state index contributed by atoms with van der Waals surface area (Å²) in [6, 6.07) is 3.80. The van der Waals surface area contributed by atoms with Crippen molar-refractivity contribution in [1.82, 2.24) is 4.72 Å². The van der Waals surface area contributed by atoms with Gasteiger partial charge in [0.05, 0.1) is 10.5 Å². The quantitative estimate of drug-likeness (QED) is 0.393. The van der Waals surface area contributed by atoms with Gasteiger partial charge in [0.2, 0.25) is 10.0 Å². The van der Waals surface area contributed by atoms with E-state index in [1.165, 1.54) is 18.2 Å². The SMILES string of the molecule is C=CCNS(=O)(=O)c1ccc(NCCCO)c(C(=O)O)c1. The summed E-state index contributed by atoms with van der Waals surface area (Å²) in [4.78, 5) is 11.1. The zero-order valence-electron chi connectivity index (χ0n) is 11.4. The second-order valence-electron chi connectivity index (χ2n) is 4.16. The predicted octanol–water partition coefficient (Wildman–Crippen LogP) is 0.643. The molecule has 0 atom stereocenters. The number of carboxylic acid groups (broad SMARTS) is 1. The second kappa shape index (κ2) is 7.77. The monoisotopic (exact) mass is 314 g/mol. The number of hydrogen-bond donors (Lipinski definition) is 4. The van der Waals surface area contributed by atoms with Gasteiger partial charge in [-0.2, -0.15) is 0 Å². The van der Waals surface area contributed by atoms with Crippen molar-refractivity contribution in [3.05, 3.63) is 36.4 Å². The zero-order valence-corrected chi connectivity index (χ0v) is 12.2. The first kappa shape index (κ1) is 17.2. The molecular formula is C13H18N2O5S. The van der Waals surface area contributed by atoms with Gasteiger partial charge in [-0.25, -0.2) is 17.9 Å². The molecule has 4 N–H and O–H groups in total. The second-order valence-corrected chi connectivity index (χ2v) is 5.92. The fourth-order valence-corrected chi connectivity index (χ4v) is 2.60. The highest BCUT2D eigenvalue weighted by Crippen LogP contribution is 2.20. The van der Waals surface area contributed by atoms with E-state index in [0.29, 0.717) is 18.7 Å². The van der Waals surface area contributed by atoms with E-state index in [0.717, 1.165) is 6.07 Å². The molecule has 0 aromatic heterocycles. The van der Waals surface area contributed by atoms with Crippen molar-refractivity contribution in [3.63, 3.8) is 0 Å². The molecule has 1 aromatic rings. The normalized spacial score (nSPS) is 11.1. The van der Waals surface area contributed by atoms with Gasteiger partial charge in [0.1, 0.15) is 0 Å². The molecule has 0 saturated carbocycles. The highest BCUT2D eigenvalue weighted by molar-refractivity contribution is 7.89. The first-order valence-corrected chi connectivity index (χ1v) is 7.73. The molecule has 0 heterocycles. The van der Waals surface area contributed by atoms with Crippen LogP contribution in [0.2, 0.25) is 0 Å². The Labute approximate surface area is 123 Å². The molecule has 1 rings (SSSR count). The van der Waals surface area contributed by atoms with Crippen molar-refractivity contribution >= 4 is 21.7 Å². The molecule has 0 radical (unpaired) electrons. The minimum Gasteiger partial charge on any atom is -0.478 e. The Kier molecular flexibility index (Phi) is 6.35.